The van der Waals surface area contributed by atoms with Crippen molar-refractivity contribution in [2.75, 3.05) is 37.4 Å². The third kappa shape index (κ3) is 6.84. The van der Waals surface area contributed by atoms with E-state index in [9.17, 15) is 19.7 Å². The Balaban J connectivity index is 1.92. The van der Waals surface area contributed by atoms with Gasteiger partial charge in [0, 0.05) is 28.4 Å². The Kier molecular flexibility index (Phi) is 8.10. The molecule has 0 bridgehead atoms. The summed E-state index contributed by atoms with van der Waals surface area (Å²) in [6.07, 6.45) is 0. The average Bonchev–Trinajstić information content (AvgIpc) is 2.68. The number of anilines is 2. The molecule has 2 amide bonds. The molecule has 154 valence electrons. The van der Waals surface area contributed by atoms with Gasteiger partial charge in [-0.05, 0) is 40.7 Å². The van der Waals surface area contributed by atoms with Crippen LogP contribution in [-0.2, 0) is 9.59 Å². The van der Waals surface area contributed by atoms with Gasteiger partial charge in [-0.25, -0.2) is 0 Å². The number of rotatable bonds is 9. The molecule has 0 heterocycles. The van der Waals surface area contributed by atoms with Crippen LogP contribution in [0.15, 0.2) is 46.9 Å². The number of methoxy groups -OCH3 is 1. The number of nitro groups is 1. The molecule has 10 heteroatoms. The first-order valence-corrected chi connectivity index (χ1v) is 9.51. The van der Waals surface area contributed by atoms with Crippen molar-refractivity contribution in [3.05, 3.63) is 57.1 Å². The number of likely N-dealkylation sites (N-methyl/N-ethyl adjacent to an activating group) is 1. The normalized spacial score (nSPS) is 10.5. The summed E-state index contributed by atoms with van der Waals surface area (Å²) in [5.74, 6) is 0.0307. The number of hydrogen-bond donors (Lipinski definition) is 2. The Morgan fingerprint density at radius 2 is 1.83 bits per heavy atom. The molecule has 2 N–H and O–H groups in total. The van der Waals surface area contributed by atoms with Crippen molar-refractivity contribution in [3.8, 4) is 5.75 Å². The van der Waals surface area contributed by atoms with E-state index in [-0.39, 0.29) is 30.6 Å². The molecule has 0 aliphatic rings. The molecular formula is C19H21BrN4O5. The molecule has 0 saturated carbocycles. The molecule has 0 aromatic heterocycles. The van der Waals surface area contributed by atoms with Crippen LogP contribution in [0.1, 0.15) is 6.92 Å². The predicted octanol–water partition coefficient (Wildman–Crippen LogP) is 3.27. The second-order valence-corrected chi connectivity index (χ2v) is 6.91. The molecule has 2 aromatic rings. The van der Waals surface area contributed by atoms with Crippen LogP contribution >= 0.6 is 15.9 Å². The number of nitro benzene ring substituents is 1. The number of hydrogen-bond acceptors (Lipinski definition) is 6. The molecule has 9 nitrogen and oxygen atoms in total. The highest BCUT2D eigenvalue weighted by molar-refractivity contribution is 9.10. The lowest BCUT2D eigenvalue weighted by atomic mass is 10.3. The lowest BCUT2D eigenvalue weighted by Gasteiger charge is -2.19. The van der Waals surface area contributed by atoms with Gasteiger partial charge in [-0.15, -0.1) is 0 Å². The monoisotopic (exact) mass is 464 g/mol. The van der Waals surface area contributed by atoms with Gasteiger partial charge in [0.15, 0.2) is 0 Å². The molecule has 0 aliphatic heterocycles. The zero-order valence-corrected chi connectivity index (χ0v) is 17.6. The van der Waals surface area contributed by atoms with Gasteiger partial charge >= 0.3 is 0 Å². The maximum Gasteiger partial charge on any atom is 0.270 e. The fourth-order valence-electron chi connectivity index (χ4n) is 2.50. The van der Waals surface area contributed by atoms with E-state index in [2.05, 4.69) is 26.6 Å². The van der Waals surface area contributed by atoms with Crippen molar-refractivity contribution in [3.63, 3.8) is 0 Å². The highest BCUT2D eigenvalue weighted by Crippen LogP contribution is 2.27. The van der Waals surface area contributed by atoms with Crippen LogP contribution in [0.3, 0.4) is 0 Å². The van der Waals surface area contributed by atoms with Gasteiger partial charge in [0.25, 0.3) is 5.69 Å². The minimum atomic E-state index is -0.518. The molecular weight excluding hydrogens is 444 g/mol. The van der Waals surface area contributed by atoms with E-state index in [0.717, 1.165) is 0 Å². The topological polar surface area (TPSA) is 114 Å². The average molecular weight is 465 g/mol. The number of carbonyl (C=O) groups is 2. The largest absolute Gasteiger partial charge is 0.497 e. The number of amides is 2. The highest BCUT2D eigenvalue weighted by Gasteiger charge is 2.16. The van der Waals surface area contributed by atoms with Gasteiger partial charge in [-0.1, -0.05) is 13.0 Å². The third-order valence-corrected chi connectivity index (χ3v) is 4.63. The van der Waals surface area contributed by atoms with E-state index >= 15 is 0 Å². The van der Waals surface area contributed by atoms with Crippen molar-refractivity contribution in [2.24, 2.45) is 0 Å². The Labute approximate surface area is 176 Å². The van der Waals surface area contributed by atoms with E-state index in [0.29, 0.717) is 28.1 Å². The van der Waals surface area contributed by atoms with Crippen LogP contribution < -0.4 is 15.4 Å². The first kappa shape index (κ1) is 22.3. The van der Waals surface area contributed by atoms with Crippen LogP contribution in [0, 0.1) is 10.1 Å². The van der Waals surface area contributed by atoms with E-state index in [1.54, 1.807) is 36.3 Å². The molecule has 2 rings (SSSR count). The van der Waals surface area contributed by atoms with Crippen LogP contribution in [0.25, 0.3) is 0 Å². The Bertz CT molecular complexity index is 906. The molecule has 0 saturated heterocycles. The number of ether oxygens (including phenoxy) is 1. The van der Waals surface area contributed by atoms with Crippen LogP contribution in [0.4, 0.5) is 17.1 Å². The molecule has 0 aliphatic carbocycles. The van der Waals surface area contributed by atoms with E-state index in [1.165, 1.54) is 18.2 Å². The maximum absolute atomic E-state index is 12.3. The van der Waals surface area contributed by atoms with Crippen molar-refractivity contribution < 1.29 is 19.2 Å². The van der Waals surface area contributed by atoms with Gasteiger partial charge < -0.3 is 15.4 Å². The van der Waals surface area contributed by atoms with Crippen molar-refractivity contribution in [1.82, 2.24) is 4.90 Å². The maximum atomic E-state index is 12.3. The number of nitrogens with one attached hydrogen (secondary N) is 2. The number of halogens is 1. The van der Waals surface area contributed by atoms with E-state index in [4.69, 9.17) is 4.74 Å². The molecule has 2 aromatic carbocycles. The summed E-state index contributed by atoms with van der Waals surface area (Å²) in [6.45, 7) is 2.35. The fraction of sp³-hybridized carbons (Fsp3) is 0.263. The van der Waals surface area contributed by atoms with Crippen LogP contribution in [-0.4, -0.2) is 48.4 Å². The number of nitrogens with zero attached hydrogens (tertiary/aromatic N) is 2. The summed E-state index contributed by atoms with van der Waals surface area (Å²) in [5, 5.41) is 16.2. The minimum absolute atomic E-state index is 0.00847. The highest BCUT2D eigenvalue weighted by atomic mass is 79.9. The molecule has 0 atom stereocenters. The number of benzene rings is 2. The van der Waals surface area contributed by atoms with Gasteiger partial charge in [0.1, 0.15) is 5.75 Å². The Hall–Kier alpha value is -2.98. The van der Waals surface area contributed by atoms with E-state index in [1.807, 2.05) is 6.92 Å². The Morgan fingerprint density at radius 3 is 2.41 bits per heavy atom. The molecule has 0 fully saturated rings. The lowest BCUT2D eigenvalue weighted by Crippen LogP contribution is -2.38. The summed E-state index contributed by atoms with van der Waals surface area (Å²) in [4.78, 5) is 36.5. The SMILES string of the molecule is CCN(CC(=O)Nc1cccc(OC)c1)CC(=O)Nc1ccc([N+](=O)[O-])cc1Br. The molecule has 0 radical (unpaired) electrons. The van der Waals surface area contributed by atoms with Crippen LogP contribution in [0.5, 0.6) is 5.75 Å². The summed E-state index contributed by atoms with van der Waals surface area (Å²) in [5.41, 5.74) is 0.932. The van der Waals surface area contributed by atoms with Crippen molar-refractivity contribution in [1.29, 1.82) is 0 Å². The first-order chi connectivity index (χ1) is 13.8. The van der Waals surface area contributed by atoms with Gasteiger partial charge in [-0.3, -0.25) is 24.6 Å². The minimum Gasteiger partial charge on any atom is -0.497 e. The number of carbonyl (C=O) groups excluding carboxylic acids is 2. The summed E-state index contributed by atoms with van der Waals surface area (Å²) in [7, 11) is 1.54. The van der Waals surface area contributed by atoms with Gasteiger partial charge in [0.2, 0.25) is 11.8 Å². The van der Waals surface area contributed by atoms with Gasteiger partial charge in [0.05, 0.1) is 30.8 Å². The predicted molar refractivity (Wildman–Crippen MR) is 113 cm³/mol. The molecule has 29 heavy (non-hydrogen) atoms. The quantitative estimate of drug-likeness (QED) is 0.434. The summed E-state index contributed by atoms with van der Waals surface area (Å²) < 4.78 is 5.52. The molecule has 0 unspecified atom stereocenters. The first-order valence-electron chi connectivity index (χ1n) is 8.72. The van der Waals surface area contributed by atoms with Crippen molar-refractivity contribution >= 4 is 44.8 Å². The van der Waals surface area contributed by atoms with Crippen LogP contribution in [0.2, 0.25) is 0 Å². The second-order valence-electron chi connectivity index (χ2n) is 6.05. The van der Waals surface area contributed by atoms with E-state index < -0.39 is 4.92 Å². The second kappa shape index (κ2) is 10.5. The zero-order chi connectivity index (χ0) is 21.4. The lowest BCUT2D eigenvalue weighted by molar-refractivity contribution is -0.384. The third-order valence-electron chi connectivity index (χ3n) is 3.97. The summed E-state index contributed by atoms with van der Waals surface area (Å²) >= 11 is 3.21. The molecule has 0 spiro atoms. The van der Waals surface area contributed by atoms with Crippen molar-refractivity contribution in [2.45, 2.75) is 6.92 Å². The standard InChI is InChI=1S/C19H21BrN4O5/c1-3-23(11-18(25)21-13-5-4-6-15(9-13)29-2)12-19(26)22-17-8-7-14(24(27)28)10-16(17)20/h4-10H,3,11-12H2,1-2H3,(H,21,25)(H,22,26). The Morgan fingerprint density at radius 1 is 1.14 bits per heavy atom. The smallest absolute Gasteiger partial charge is 0.270 e. The zero-order valence-electron chi connectivity index (χ0n) is 16.0. The number of non-ortho nitro benzene ring substituents is 1. The summed E-state index contributed by atoms with van der Waals surface area (Å²) in [6, 6.07) is 11.1. The fourth-order valence-corrected chi connectivity index (χ4v) is 2.96. The van der Waals surface area contributed by atoms with Gasteiger partial charge in [-0.2, -0.15) is 0 Å².